The lowest BCUT2D eigenvalue weighted by Gasteiger charge is -2.38. The van der Waals surface area contributed by atoms with Gasteiger partial charge in [-0.3, -0.25) is 0 Å². The van der Waals surface area contributed by atoms with Gasteiger partial charge in [-0.2, -0.15) is 0 Å². The Labute approximate surface area is 92.9 Å². The van der Waals surface area contributed by atoms with Gasteiger partial charge in [0.15, 0.2) is 0 Å². The van der Waals surface area contributed by atoms with Crippen LogP contribution in [0.5, 0.6) is 0 Å². The highest BCUT2D eigenvalue weighted by atomic mass is 28.3. The Morgan fingerprint density at radius 3 is 2.53 bits per heavy atom. The number of nitrogens with zero attached hydrogens (tertiary/aromatic N) is 1. The predicted molar refractivity (Wildman–Crippen MR) is 64.5 cm³/mol. The number of carboxylic acid groups (broad SMARTS) is 1. The van der Waals surface area contributed by atoms with Crippen LogP contribution in [0.4, 0.5) is 0 Å². The highest BCUT2D eigenvalue weighted by Crippen LogP contribution is 2.27. The van der Waals surface area contributed by atoms with E-state index in [0.717, 1.165) is 13.0 Å². The van der Waals surface area contributed by atoms with Gasteiger partial charge in [0.25, 0.3) is 0 Å². The molecule has 0 aromatic rings. The van der Waals surface area contributed by atoms with E-state index in [2.05, 4.69) is 31.1 Å². The molecule has 3 nitrogen and oxygen atoms in total. The summed E-state index contributed by atoms with van der Waals surface area (Å²) in [4.78, 5) is 10.8. The summed E-state index contributed by atoms with van der Waals surface area (Å²) >= 11 is 0. The quantitative estimate of drug-likeness (QED) is 0.749. The Bertz CT molecular complexity index is 281. The van der Waals surface area contributed by atoms with Crippen LogP contribution in [-0.2, 0) is 4.79 Å². The molecule has 1 N–H and O–H groups in total. The van der Waals surface area contributed by atoms with Crippen LogP contribution in [-0.4, -0.2) is 36.5 Å². The van der Waals surface area contributed by atoms with Gasteiger partial charge >= 0.3 is 5.97 Å². The Hall–Kier alpha value is -0.613. The van der Waals surface area contributed by atoms with E-state index in [4.69, 9.17) is 5.11 Å². The van der Waals surface area contributed by atoms with Gasteiger partial charge in [-0.25, -0.2) is 4.79 Å². The highest BCUT2D eigenvalue weighted by Gasteiger charge is 2.32. The Morgan fingerprint density at radius 1 is 1.60 bits per heavy atom. The third kappa shape index (κ3) is 2.92. The van der Waals surface area contributed by atoms with Crippen molar-refractivity contribution < 1.29 is 9.90 Å². The maximum absolute atomic E-state index is 10.8. The summed E-state index contributed by atoms with van der Waals surface area (Å²) < 4.78 is 2.51. The third-order valence-electron chi connectivity index (χ3n) is 3.01. The minimum Gasteiger partial charge on any atom is -0.478 e. The zero-order valence-corrected chi connectivity index (χ0v) is 11.1. The molecule has 1 rings (SSSR count). The molecule has 1 atom stereocenters. The van der Waals surface area contributed by atoms with Crippen LogP contribution in [0.25, 0.3) is 0 Å². The first-order valence-corrected chi connectivity index (χ1v) is 9.00. The summed E-state index contributed by atoms with van der Waals surface area (Å²) in [7, 11) is -1.31. The van der Waals surface area contributed by atoms with Crippen LogP contribution in [0.1, 0.15) is 19.8 Å². The first-order chi connectivity index (χ1) is 6.86. The Balaban J connectivity index is 2.66. The van der Waals surface area contributed by atoms with Gasteiger partial charge in [-0.1, -0.05) is 32.6 Å². The van der Waals surface area contributed by atoms with E-state index in [9.17, 15) is 4.79 Å². The minimum atomic E-state index is -1.31. The summed E-state index contributed by atoms with van der Waals surface area (Å²) in [5.41, 5.74) is 0.594. The third-order valence-corrected chi connectivity index (χ3v) is 5.41. The van der Waals surface area contributed by atoms with Gasteiger partial charge in [-0.15, -0.1) is 0 Å². The van der Waals surface area contributed by atoms with Crippen LogP contribution in [0.2, 0.25) is 19.6 Å². The van der Waals surface area contributed by atoms with Crippen molar-refractivity contribution >= 4 is 14.2 Å². The standard InChI is InChI=1S/C11H21NO2Si/c1-5-12(15(2,3)4)10-7-6-9(8-10)11(13)14/h6,10H,5,7-8H2,1-4H3,(H,13,14). The summed E-state index contributed by atoms with van der Waals surface area (Å²) in [5.74, 6) is -0.746. The topological polar surface area (TPSA) is 40.5 Å². The highest BCUT2D eigenvalue weighted by molar-refractivity contribution is 6.73. The smallest absolute Gasteiger partial charge is 0.331 e. The molecular weight excluding hydrogens is 206 g/mol. The molecule has 1 unspecified atom stereocenters. The zero-order valence-electron chi connectivity index (χ0n) is 10.1. The van der Waals surface area contributed by atoms with Crippen molar-refractivity contribution in [2.24, 2.45) is 0 Å². The SMILES string of the molecule is CCN(C1CC=C(C(=O)O)C1)[Si](C)(C)C. The van der Waals surface area contributed by atoms with E-state index in [0.29, 0.717) is 18.0 Å². The lowest BCUT2D eigenvalue weighted by atomic mass is 10.2. The van der Waals surface area contributed by atoms with Crippen molar-refractivity contribution in [3.63, 3.8) is 0 Å². The molecule has 0 radical (unpaired) electrons. The largest absolute Gasteiger partial charge is 0.478 e. The van der Waals surface area contributed by atoms with Crippen molar-refractivity contribution in [2.45, 2.75) is 45.4 Å². The van der Waals surface area contributed by atoms with E-state index in [1.54, 1.807) is 0 Å². The fraction of sp³-hybridized carbons (Fsp3) is 0.727. The maximum Gasteiger partial charge on any atom is 0.331 e. The van der Waals surface area contributed by atoms with Gasteiger partial charge in [0.2, 0.25) is 0 Å². The van der Waals surface area contributed by atoms with E-state index < -0.39 is 14.2 Å². The van der Waals surface area contributed by atoms with Crippen LogP contribution in [0, 0.1) is 0 Å². The second-order valence-electron chi connectivity index (χ2n) is 5.09. The number of carboxylic acids is 1. The van der Waals surface area contributed by atoms with Crippen LogP contribution >= 0.6 is 0 Å². The lowest BCUT2D eigenvalue weighted by Crippen LogP contribution is -2.51. The molecule has 0 aliphatic heterocycles. The summed E-state index contributed by atoms with van der Waals surface area (Å²) in [6.07, 6.45) is 3.50. The molecule has 0 saturated carbocycles. The number of carbonyl (C=O) groups is 1. The molecule has 0 aromatic heterocycles. The molecule has 86 valence electrons. The van der Waals surface area contributed by atoms with Crippen molar-refractivity contribution in [1.29, 1.82) is 0 Å². The number of hydrogen-bond acceptors (Lipinski definition) is 2. The Kier molecular flexibility index (Phi) is 3.73. The van der Waals surface area contributed by atoms with Crippen molar-refractivity contribution in [3.8, 4) is 0 Å². The molecule has 0 heterocycles. The molecule has 0 bridgehead atoms. The molecule has 0 aromatic carbocycles. The van der Waals surface area contributed by atoms with E-state index in [1.807, 2.05) is 6.08 Å². The number of hydrogen-bond donors (Lipinski definition) is 1. The normalized spacial score (nSPS) is 21.9. The van der Waals surface area contributed by atoms with Gasteiger partial charge in [0.05, 0.1) is 0 Å². The molecule has 15 heavy (non-hydrogen) atoms. The first-order valence-electron chi connectivity index (χ1n) is 5.55. The van der Waals surface area contributed by atoms with E-state index in [1.165, 1.54) is 0 Å². The molecular formula is C11H21NO2Si. The summed E-state index contributed by atoms with van der Waals surface area (Å²) in [5, 5.41) is 8.91. The van der Waals surface area contributed by atoms with Crippen molar-refractivity contribution in [2.75, 3.05) is 6.54 Å². The minimum absolute atomic E-state index is 0.424. The monoisotopic (exact) mass is 227 g/mol. The molecule has 0 fully saturated rings. The van der Waals surface area contributed by atoms with Gasteiger partial charge in [0.1, 0.15) is 8.24 Å². The van der Waals surface area contributed by atoms with Crippen LogP contribution < -0.4 is 0 Å². The average Bonchev–Trinajstić information content (AvgIpc) is 2.51. The van der Waals surface area contributed by atoms with E-state index in [-0.39, 0.29) is 0 Å². The van der Waals surface area contributed by atoms with Gasteiger partial charge in [0, 0.05) is 11.6 Å². The number of aliphatic carboxylic acids is 1. The predicted octanol–water partition coefficient (Wildman–Crippen LogP) is 2.32. The molecule has 1 aliphatic carbocycles. The molecule has 0 spiro atoms. The molecule has 0 amide bonds. The second-order valence-corrected chi connectivity index (χ2v) is 10.0. The lowest BCUT2D eigenvalue weighted by molar-refractivity contribution is -0.132. The van der Waals surface area contributed by atoms with Crippen LogP contribution in [0.15, 0.2) is 11.6 Å². The molecule has 1 aliphatic rings. The maximum atomic E-state index is 10.8. The average molecular weight is 227 g/mol. The Morgan fingerprint density at radius 2 is 2.20 bits per heavy atom. The second kappa shape index (κ2) is 4.49. The van der Waals surface area contributed by atoms with Crippen LogP contribution in [0.3, 0.4) is 0 Å². The summed E-state index contributed by atoms with van der Waals surface area (Å²) in [6, 6.07) is 0.424. The van der Waals surface area contributed by atoms with Crippen molar-refractivity contribution in [1.82, 2.24) is 4.57 Å². The first kappa shape index (κ1) is 12.5. The molecule has 4 heteroatoms. The van der Waals surface area contributed by atoms with E-state index >= 15 is 0 Å². The fourth-order valence-electron chi connectivity index (χ4n) is 2.39. The van der Waals surface area contributed by atoms with Crippen molar-refractivity contribution in [3.05, 3.63) is 11.6 Å². The fourth-order valence-corrected chi connectivity index (χ4v) is 4.63. The number of rotatable bonds is 4. The van der Waals surface area contributed by atoms with Gasteiger partial charge in [-0.05, 0) is 19.4 Å². The summed E-state index contributed by atoms with van der Waals surface area (Å²) in [6.45, 7) is 10.1. The van der Waals surface area contributed by atoms with Gasteiger partial charge < -0.3 is 9.67 Å². The zero-order chi connectivity index (χ0) is 11.6. The molecule has 0 saturated heterocycles.